The molecule has 0 fully saturated rings. The molecular weight excluding hydrogens is 524 g/mol. The van der Waals surface area contributed by atoms with Crippen molar-refractivity contribution in [2.45, 2.75) is 25.8 Å². The molecule has 0 aliphatic rings. The van der Waals surface area contributed by atoms with Crippen LogP contribution < -0.4 is 29.0 Å². The molecule has 0 saturated carbocycles. The van der Waals surface area contributed by atoms with Crippen molar-refractivity contribution in [2.24, 2.45) is 0 Å². The molecule has 0 aliphatic heterocycles. The lowest BCUT2D eigenvalue weighted by Crippen LogP contribution is -2.68. The smallest absolute Gasteiger partial charge is 0.320 e. The first-order valence-corrected chi connectivity index (χ1v) is 15.1. The highest BCUT2D eigenvalue weighted by atomic mass is 35.5. The molecule has 0 radical (unpaired) electrons. The van der Waals surface area contributed by atoms with Crippen LogP contribution in [0.15, 0.2) is 91.0 Å². The Morgan fingerprint density at radius 2 is 1.15 bits per heavy atom. The molecule has 4 nitrogen and oxygen atoms in total. The topological polar surface area (TPSA) is 36.9 Å². The summed E-state index contributed by atoms with van der Waals surface area (Å²) in [4.78, 5) is 0. The monoisotopic (exact) mass is 558 g/mol. The summed E-state index contributed by atoms with van der Waals surface area (Å²) in [5, 5.41) is 2.71. The Balaban J connectivity index is 1.81. The van der Waals surface area contributed by atoms with E-state index in [-0.39, 0.29) is 5.04 Å². The van der Waals surface area contributed by atoms with E-state index in [0.29, 0.717) is 28.0 Å². The summed E-state index contributed by atoms with van der Waals surface area (Å²) >= 11 is 6.42. The van der Waals surface area contributed by atoms with Gasteiger partial charge in [-0.1, -0.05) is 111 Å². The Kier molecular flexibility index (Phi) is 8.73. The number of benzene rings is 4. The molecule has 202 valence electrons. The largest absolute Gasteiger partial charge is 0.531 e. The molecule has 0 aliphatic carbocycles. The average Bonchev–Trinajstić information content (AvgIpc) is 2.94. The highest BCUT2D eigenvalue weighted by Crippen LogP contribution is 2.41. The SMILES string of the molecule is COc1ccc(/C=C\c2cc(Cl)c(OC)c(OC)c2)cc1O[Si](c1ccccc1)(c1ccccc1)C(C)(C)C. The Labute approximate surface area is 237 Å². The molecule has 0 heterocycles. The first kappa shape index (κ1) is 28.3. The number of ether oxygens (including phenoxy) is 3. The van der Waals surface area contributed by atoms with Crippen molar-refractivity contribution in [1.29, 1.82) is 0 Å². The molecular formula is C33H35ClO4Si. The van der Waals surface area contributed by atoms with Gasteiger partial charge in [-0.15, -0.1) is 0 Å². The van der Waals surface area contributed by atoms with Gasteiger partial charge >= 0.3 is 8.32 Å². The summed E-state index contributed by atoms with van der Waals surface area (Å²) < 4.78 is 23.9. The maximum atomic E-state index is 7.26. The van der Waals surface area contributed by atoms with E-state index in [1.54, 1.807) is 21.3 Å². The van der Waals surface area contributed by atoms with Crippen molar-refractivity contribution in [2.75, 3.05) is 21.3 Å². The van der Waals surface area contributed by atoms with Crippen LogP contribution >= 0.6 is 11.6 Å². The van der Waals surface area contributed by atoms with E-state index in [4.69, 9.17) is 30.2 Å². The van der Waals surface area contributed by atoms with E-state index in [9.17, 15) is 0 Å². The molecule has 0 amide bonds. The third-order valence-corrected chi connectivity index (χ3v) is 12.0. The second kappa shape index (κ2) is 12.0. The maximum absolute atomic E-state index is 7.26. The van der Waals surface area contributed by atoms with Crippen LogP contribution in [-0.4, -0.2) is 29.6 Å². The number of rotatable bonds is 9. The second-order valence-corrected chi connectivity index (χ2v) is 14.9. The van der Waals surface area contributed by atoms with Crippen molar-refractivity contribution in [3.63, 3.8) is 0 Å². The zero-order valence-corrected chi connectivity index (χ0v) is 25.1. The lowest BCUT2D eigenvalue weighted by molar-refractivity contribution is 0.355. The van der Waals surface area contributed by atoms with Gasteiger partial charge in [0.2, 0.25) is 0 Å². The van der Waals surface area contributed by atoms with Crippen LogP contribution in [0, 0.1) is 0 Å². The fourth-order valence-electron chi connectivity index (χ4n) is 4.92. The van der Waals surface area contributed by atoms with Crippen LogP contribution in [0.1, 0.15) is 31.9 Å². The lowest BCUT2D eigenvalue weighted by atomic mass is 10.1. The fourth-order valence-corrected chi connectivity index (χ4v) is 9.63. The van der Waals surface area contributed by atoms with Gasteiger partial charge in [-0.3, -0.25) is 0 Å². The first-order chi connectivity index (χ1) is 18.7. The molecule has 0 saturated heterocycles. The van der Waals surface area contributed by atoms with Gasteiger partial charge in [-0.05, 0) is 50.8 Å². The van der Waals surface area contributed by atoms with Crippen molar-refractivity contribution >= 4 is 42.4 Å². The minimum atomic E-state index is -2.83. The molecule has 0 N–H and O–H groups in total. The van der Waals surface area contributed by atoms with E-state index >= 15 is 0 Å². The van der Waals surface area contributed by atoms with Gasteiger partial charge in [0.1, 0.15) is 5.75 Å². The second-order valence-electron chi connectivity index (χ2n) is 10.2. The molecule has 0 unspecified atom stereocenters. The van der Waals surface area contributed by atoms with Crippen molar-refractivity contribution < 1.29 is 18.6 Å². The van der Waals surface area contributed by atoms with E-state index in [2.05, 4.69) is 69.3 Å². The minimum Gasteiger partial charge on any atom is -0.531 e. The molecule has 4 rings (SSSR count). The number of hydrogen-bond donors (Lipinski definition) is 0. The average molecular weight is 559 g/mol. The maximum Gasteiger partial charge on any atom is 0.320 e. The highest BCUT2D eigenvalue weighted by Gasteiger charge is 2.52. The molecule has 4 aromatic rings. The Bertz CT molecular complexity index is 1390. The molecule has 0 aromatic heterocycles. The van der Waals surface area contributed by atoms with Gasteiger partial charge in [0.15, 0.2) is 17.2 Å². The fraction of sp³-hybridized carbons (Fsp3) is 0.212. The molecule has 0 atom stereocenters. The quantitative estimate of drug-likeness (QED) is 0.158. The van der Waals surface area contributed by atoms with E-state index in [0.717, 1.165) is 11.1 Å². The van der Waals surface area contributed by atoms with Gasteiger partial charge < -0.3 is 18.6 Å². The predicted molar refractivity (Wildman–Crippen MR) is 165 cm³/mol. The zero-order valence-electron chi connectivity index (χ0n) is 23.3. The van der Waals surface area contributed by atoms with Crippen molar-refractivity contribution in [3.8, 4) is 23.0 Å². The summed E-state index contributed by atoms with van der Waals surface area (Å²) in [5.74, 6) is 2.49. The van der Waals surface area contributed by atoms with E-state index in [1.807, 2.05) is 54.6 Å². The Morgan fingerprint density at radius 3 is 1.67 bits per heavy atom. The minimum absolute atomic E-state index is 0.178. The normalized spacial score (nSPS) is 11.9. The summed E-state index contributed by atoms with van der Waals surface area (Å²) in [7, 11) is 2.02. The van der Waals surface area contributed by atoms with Crippen LogP contribution in [0.5, 0.6) is 23.0 Å². The number of methoxy groups -OCH3 is 3. The van der Waals surface area contributed by atoms with Crippen LogP contribution in [-0.2, 0) is 0 Å². The predicted octanol–water partition coefficient (Wildman–Crippen LogP) is 7.48. The van der Waals surface area contributed by atoms with E-state index in [1.165, 1.54) is 10.4 Å². The van der Waals surface area contributed by atoms with Crippen molar-refractivity contribution in [1.82, 2.24) is 0 Å². The first-order valence-electron chi connectivity index (χ1n) is 12.8. The zero-order chi connectivity index (χ0) is 28.0. The Morgan fingerprint density at radius 1 is 0.615 bits per heavy atom. The molecule has 39 heavy (non-hydrogen) atoms. The lowest BCUT2D eigenvalue weighted by Gasteiger charge is -2.43. The van der Waals surface area contributed by atoms with Crippen LogP contribution in [0.4, 0.5) is 0 Å². The van der Waals surface area contributed by atoms with Gasteiger partial charge in [-0.2, -0.15) is 0 Å². The van der Waals surface area contributed by atoms with Gasteiger partial charge in [0, 0.05) is 0 Å². The molecule has 0 spiro atoms. The summed E-state index contributed by atoms with van der Waals surface area (Å²) in [6, 6.07) is 30.9. The molecule has 4 aromatic carbocycles. The third kappa shape index (κ3) is 5.85. The van der Waals surface area contributed by atoms with Gasteiger partial charge in [0.25, 0.3) is 0 Å². The number of hydrogen-bond acceptors (Lipinski definition) is 4. The van der Waals surface area contributed by atoms with Crippen LogP contribution in [0.25, 0.3) is 12.2 Å². The molecule has 0 bridgehead atoms. The van der Waals surface area contributed by atoms with Gasteiger partial charge in [-0.25, -0.2) is 0 Å². The van der Waals surface area contributed by atoms with Crippen molar-refractivity contribution in [3.05, 3.63) is 107 Å². The van der Waals surface area contributed by atoms with Gasteiger partial charge in [0.05, 0.1) is 26.4 Å². The third-order valence-electron chi connectivity index (χ3n) is 6.79. The Hall–Kier alpha value is -3.67. The standard InChI is InChI=1S/C33H35ClO4Si/c1-33(2,3)39(26-13-9-7-10-14-26,27-15-11-8-12-16-27)38-30-22-24(19-20-29(30)35-4)17-18-25-21-28(34)32(37-6)31(23-25)36-5/h7-23H,1-6H3/b18-17-. The summed E-state index contributed by atoms with van der Waals surface area (Å²) in [6.45, 7) is 6.78. The van der Waals surface area contributed by atoms with Crippen LogP contribution in [0.3, 0.4) is 0 Å². The highest BCUT2D eigenvalue weighted by molar-refractivity contribution is 7.00. The summed E-state index contributed by atoms with van der Waals surface area (Å²) in [6.07, 6.45) is 4.01. The van der Waals surface area contributed by atoms with Crippen LogP contribution in [0.2, 0.25) is 10.1 Å². The number of halogens is 1. The molecule has 6 heteroatoms. The van der Waals surface area contributed by atoms with E-state index < -0.39 is 8.32 Å². The summed E-state index contributed by atoms with van der Waals surface area (Å²) in [5.41, 5.74) is 1.86.